The van der Waals surface area contributed by atoms with Gasteiger partial charge in [0.05, 0.1) is 15.9 Å². The number of aromatic nitrogens is 2. The first kappa shape index (κ1) is 32.1. The summed E-state index contributed by atoms with van der Waals surface area (Å²) in [6, 6.07) is 62.2. The van der Waals surface area contributed by atoms with Gasteiger partial charge in [-0.3, -0.25) is 9.20 Å². The van der Waals surface area contributed by atoms with Gasteiger partial charge in [-0.1, -0.05) is 147 Å². The molecular weight excluding hydrogens is 679 g/mol. The summed E-state index contributed by atoms with van der Waals surface area (Å²) < 4.78 is 3.18. The Hall–Kier alpha value is -6.56. The van der Waals surface area contributed by atoms with Gasteiger partial charge in [0, 0.05) is 28.5 Å². The number of thiazole rings is 1. The molecule has 1 aliphatic rings. The minimum atomic E-state index is -0.230. The van der Waals surface area contributed by atoms with Crippen LogP contribution in [-0.4, -0.2) is 9.38 Å². The van der Waals surface area contributed by atoms with Gasteiger partial charge in [0.1, 0.15) is 0 Å². The van der Waals surface area contributed by atoms with E-state index in [1.54, 1.807) is 17.4 Å². The first-order valence-corrected chi connectivity index (χ1v) is 19.1. The van der Waals surface area contributed by atoms with Gasteiger partial charge >= 0.3 is 0 Å². The molecule has 5 heteroatoms. The summed E-state index contributed by atoms with van der Waals surface area (Å²) in [6.07, 6.45) is 0. The molecule has 0 bridgehead atoms. The molecule has 10 rings (SSSR count). The van der Waals surface area contributed by atoms with E-state index in [0.29, 0.717) is 4.96 Å². The average molecular weight is 714 g/mol. The molecule has 258 valence electrons. The summed E-state index contributed by atoms with van der Waals surface area (Å²) in [7, 11) is 0. The Morgan fingerprint density at radius 3 is 1.93 bits per heavy atom. The van der Waals surface area contributed by atoms with Crippen LogP contribution >= 0.6 is 11.3 Å². The molecule has 0 atom stereocenters. The van der Waals surface area contributed by atoms with Crippen molar-refractivity contribution in [2.24, 2.45) is 0 Å². The van der Waals surface area contributed by atoms with Crippen LogP contribution in [-0.2, 0) is 5.41 Å². The normalized spacial score (nSPS) is 12.9. The van der Waals surface area contributed by atoms with E-state index in [-0.39, 0.29) is 11.0 Å². The first-order chi connectivity index (χ1) is 26.4. The Morgan fingerprint density at radius 1 is 0.519 bits per heavy atom. The van der Waals surface area contributed by atoms with Crippen molar-refractivity contribution in [2.45, 2.75) is 19.3 Å². The molecule has 54 heavy (non-hydrogen) atoms. The molecule has 7 aromatic carbocycles. The van der Waals surface area contributed by atoms with Crippen LogP contribution in [0, 0.1) is 0 Å². The second kappa shape index (κ2) is 12.5. The highest BCUT2D eigenvalue weighted by molar-refractivity contribution is 7.23. The molecule has 4 nitrogen and oxygen atoms in total. The number of anilines is 3. The van der Waals surface area contributed by atoms with E-state index in [1.165, 1.54) is 33.4 Å². The average Bonchev–Trinajstić information content (AvgIpc) is 3.69. The van der Waals surface area contributed by atoms with Gasteiger partial charge in [-0.25, -0.2) is 0 Å². The highest BCUT2D eigenvalue weighted by Gasteiger charge is 2.35. The van der Waals surface area contributed by atoms with Gasteiger partial charge in [-0.15, -0.1) is 0 Å². The summed E-state index contributed by atoms with van der Waals surface area (Å²) in [5, 5.41) is 0. The topological polar surface area (TPSA) is 37.6 Å². The number of hydrogen-bond acceptors (Lipinski definition) is 4. The van der Waals surface area contributed by atoms with Crippen LogP contribution < -0.4 is 10.5 Å². The Kier molecular flexibility index (Phi) is 7.46. The molecule has 9 aromatic rings. The Labute approximate surface area is 317 Å². The number of benzene rings is 7. The van der Waals surface area contributed by atoms with E-state index in [9.17, 15) is 4.79 Å². The first-order valence-electron chi connectivity index (χ1n) is 18.2. The van der Waals surface area contributed by atoms with Crippen LogP contribution in [0.15, 0.2) is 181 Å². The van der Waals surface area contributed by atoms with Crippen LogP contribution in [0.1, 0.15) is 25.0 Å². The van der Waals surface area contributed by atoms with E-state index in [2.05, 4.69) is 168 Å². The Morgan fingerprint density at radius 2 is 1.13 bits per heavy atom. The number of fused-ring (bicyclic) bond motifs is 6. The van der Waals surface area contributed by atoms with Crippen molar-refractivity contribution < 1.29 is 0 Å². The quantitative estimate of drug-likeness (QED) is 0.172. The lowest BCUT2D eigenvalue weighted by Crippen LogP contribution is -2.16. The zero-order valence-electron chi connectivity index (χ0n) is 29.9. The van der Waals surface area contributed by atoms with E-state index < -0.39 is 0 Å². The lowest BCUT2D eigenvalue weighted by atomic mass is 9.82. The molecule has 1 aliphatic carbocycles. The fourth-order valence-corrected chi connectivity index (χ4v) is 9.25. The van der Waals surface area contributed by atoms with Gasteiger partial charge in [0.2, 0.25) is 0 Å². The number of nitrogens with zero attached hydrogens (tertiary/aromatic N) is 3. The number of rotatable bonds is 6. The lowest BCUT2D eigenvalue weighted by Gasteiger charge is -2.28. The molecular formula is C49H35N3OS. The largest absolute Gasteiger partial charge is 0.310 e. The van der Waals surface area contributed by atoms with Crippen molar-refractivity contribution in [1.29, 1.82) is 0 Å². The van der Waals surface area contributed by atoms with Crippen molar-refractivity contribution in [1.82, 2.24) is 9.38 Å². The summed E-state index contributed by atoms with van der Waals surface area (Å²) in [6.45, 7) is 4.67. The van der Waals surface area contributed by atoms with Crippen LogP contribution in [0.25, 0.3) is 59.8 Å². The minimum Gasteiger partial charge on any atom is -0.310 e. The van der Waals surface area contributed by atoms with Gasteiger partial charge in [-0.2, -0.15) is 4.98 Å². The summed E-state index contributed by atoms with van der Waals surface area (Å²) in [5.74, 6) is 0. The maximum absolute atomic E-state index is 12.6. The minimum absolute atomic E-state index is 0.112. The molecule has 0 amide bonds. The van der Waals surface area contributed by atoms with Crippen molar-refractivity contribution >= 4 is 43.6 Å². The zero-order chi connectivity index (χ0) is 36.4. The molecule has 0 aliphatic heterocycles. The smallest absolute Gasteiger partial charge is 0.274 e. The molecule has 0 N–H and O–H groups in total. The summed E-state index contributed by atoms with van der Waals surface area (Å²) in [5.41, 5.74) is 15.8. The van der Waals surface area contributed by atoms with Crippen molar-refractivity contribution in [3.8, 4) is 44.6 Å². The van der Waals surface area contributed by atoms with Crippen LogP contribution in [0.4, 0.5) is 17.1 Å². The molecule has 0 saturated heterocycles. The standard InChI is InChI=1S/C49H35N3OS/c1-49(2)42-19-10-9-18-40(42)41-26-25-39(30-43(41)49)51(38-17-11-16-35(28-38)32-12-5-3-6-13-32)37-23-20-33(21-24-37)36-22-27-44-46(29-36)54-48-50-47(53)31-45(52(44)48)34-14-7-4-8-15-34/h3-31H,1-2H3. The Bertz CT molecular complexity index is 2930. The maximum Gasteiger partial charge on any atom is 0.274 e. The highest BCUT2D eigenvalue weighted by atomic mass is 32.1. The van der Waals surface area contributed by atoms with Gasteiger partial charge in [0.25, 0.3) is 5.56 Å². The third-order valence-electron chi connectivity index (χ3n) is 10.9. The van der Waals surface area contributed by atoms with Crippen molar-refractivity contribution in [2.75, 3.05) is 4.90 Å². The van der Waals surface area contributed by atoms with E-state index >= 15 is 0 Å². The fraction of sp³-hybridized carbons (Fsp3) is 0.0612. The number of hydrogen-bond donors (Lipinski definition) is 0. The fourth-order valence-electron chi connectivity index (χ4n) is 8.18. The molecule has 0 fully saturated rings. The third kappa shape index (κ3) is 5.27. The zero-order valence-corrected chi connectivity index (χ0v) is 30.7. The van der Waals surface area contributed by atoms with E-state index in [0.717, 1.165) is 49.7 Å². The molecule has 0 spiro atoms. The van der Waals surface area contributed by atoms with Crippen LogP contribution in [0.2, 0.25) is 0 Å². The van der Waals surface area contributed by atoms with Crippen LogP contribution in [0.3, 0.4) is 0 Å². The second-order valence-electron chi connectivity index (χ2n) is 14.4. The predicted molar refractivity (Wildman–Crippen MR) is 225 cm³/mol. The summed E-state index contributed by atoms with van der Waals surface area (Å²) >= 11 is 1.54. The SMILES string of the molecule is CC1(C)c2ccccc2-c2ccc(N(c3ccc(-c4ccc5c(c4)sc4nc(=O)cc(-c6ccccc6)n45)cc3)c3cccc(-c4ccccc4)c3)cc21. The molecule has 0 saturated carbocycles. The monoisotopic (exact) mass is 713 g/mol. The van der Waals surface area contributed by atoms with E-state index in [1.807, 2.05) is 30.3 Å². The third-order valence-corrected chi connectivity index (χ3v) is 11.9. The van der Waals surface area contributed by atoms with Crippen molar-refractivity contribution in [3.63, 3.8) is 0 Å². The van der Waals surface area contributed by atoms with Gasteiger partial charge < -0.3 is 4.90 Å². The van der Waals surface area contributed by atoms with Crippen LogP contribution in [0.5, 0.6) is 0 Å². The highest BCUT2D eigenvalue weighted by Crippen LogP contribution is 2.50. The maximum atomic E-state index is 12.6. The predicted octanol–water partition coefficient (Wildman–Crippen LogP) is 12.7. The van der Waals surface area contributed by atoms with Gasteiger partial charge in [-0.05, 0) is 98.6 Å². The molecule has 0 radical (unpaired) electrons. The van der Waals surface area contributed by atoms with E-state index in [4.69, 9.17) is 0 Å². The van der Waals surface area contributed by atoms with Crippen molar-refractivity contribution in [3.05, 3.63) is 197 Å². The molecule has 2 aromatic heterocycles. The van der Waals surface area contributed by atoms with Gasteiger partial charge in [0.15, 0.2) is 4.96 Å². The lowest BCUT2D eigenvalue weighted by molar-refractivity contribution is 0.660. The molecule has 0 unspecified atom stereocenters. The Balaban J connectivity index is 1.07. The summed E-state index contributed by atoms with van der Waals surface area (Å²) in [4.78, 5) is 20.1. The molecule has 2 heterocycles. The second-order valence-corrected chi connectivity index (χ2v) is 15.5.